The number of aryl methyl sites for hydroxylation is 1. The van der Waals surface area contributed by atoms with Gasteiger partial charge in [-0.15, -0.1) is 11.3 Å². The highest BCUT2D eigenvalue weighted by molar-refractivity contribution is 7.89. The zero-order valence-corrected chi connectivity index (χ0v) is 20.9. The number of piperidine rings is 1. The number of ketones is 1. The number of hydrogen-bond donors (Lipinski definition) is 1. The van der Waals surface area contributed by atoms with Crippen LogP contribution in [0.1, 0.15) is 52.2 Å². The average Bonchev–Trinajstić information content (AvgIpc) is 3.38. The Labute approximate surface area is 204 Å². The van der Waals surface area contributed by atoms with Crippen LogP contribution < -0.4 is 5.32 Å². The van der Waals surface area contributed by atoms with Crippen molar-refractivity contribution in [1.82, 2.24) is 9.62 Å². The zero-order valence-electron chi connectivity index (χ0n) is 19.2. The van der Waals surface area contributed by atoms with Crippen molar-refractivity contribution in [1.29, 1.82) is 0 Å². The van der Waals surface area contributed by atoms with Gasteiger partial charge in [-0.1, -0.05) is 48.0 Å². The molecule has 0 radical (unpaired) electrons. The Morgan fingerprint density at radius 3 is 2.21 bits per heavy atom. The SMILES string of the molecule is CC(=O)c1ccc(S(=O)(=O)N2CCC(C(=O)NC(c3ccc(C)cc3)c3cccs3)CC2)cc1. The van der Waals surface area contributed by atoms with Crippen LogP contribution in [0.15, 0.2) is 70.9 Å². The summed E-state index contributed by atoms with van der Waals surface area (Å²) >= 11 is 1.60. The van der Waals surface area contributed by atoms with Gasteiger partial charge in [0.05, 0.1) is 10.9 Å². The van der Waals surface area contributed by atoms with E-state index < -0.39 is 10.0 Å². The Morgan fingerprint density at radius 1 is 1.00 bits per heavy atom. The van der Waals surface area contributed by atoms with Gasteiger partial charge in [-0.25, -0.2) is 8.42 Å². The molecule has 1 unspecified atom stereocenters. The number of carbonyl (C=O) groups is 2. The van der Waals surface area contributed by atoms with E-state index in [0.29, 0.717) is 18.4 Å². The number of Topliss-reactive ketones (excluding diaryl/α,β-unsaturated/α-hetero) is 1. The molecule has 3 aromatic rings. The number of nitrogens with zero attached hydrogens (tertiary/aromatic N) is 1. The van der Waals surface area contributed by atoms with Crippen molar-refractivity contribution >= 4 is 33.1 Å². The average molecular weight is 497 g/mol. The minimum Gasteiger partial charge on any atom is -0.344 e. The minimum absolute atomic E-state index is 0.0539. The molecule has 8 heteroatoms. The molecule has 1 amide bonds. The first-order chi connectivity index (χ1) is 16.3. The van der Waals surface area contributed by atoms with E-state index in [0.717, 1.165) is 16.0 Å². The summed E-state index contributed by atoms with van der Waals surface area (Å²) in [6, 6.07) is 17.9. The molecule has 0 saturated carbocycles. The van der Waals surface area contributed by atoms with E-state index >= 15 is 0 Å². The molecule has 34 heavy (non-hydrogen) atoms. The molecule has 6 nitrogen and oxygen atoms in total. The number of amides is 1. The van der Waals surface area contributed by atoms with Crippen LogP contribution >= 0.6 is 11.3 Å². The van der Waals surface area contributed by atoms with E-state index in [9.17, 15) is 18.0 Å². The molecule has 0 spiro atoms. The molecule has 1 aliphatic rings. The Bertz CT molecular complexity index is 1240. The van der Waals surface area contributed by atoms with Crippen LogP contribution in [0.5, 0.6) is 0 Å². The maximum absolute atomic E-state index is 13.2. The number of carbonyl (C=O) groups excluding carboxylic acids is 2. The Hall–Kier alpha value is -2.81. The van der Waals surface area contributed by atoms with Gasteiger partial charge in [-0.05, 0) is 55.8 Å². The molecule has 1 aromatic heterocycles. The highest BCUT2D eigenvalue weighted by Gasteiger charge is 2.33. The monoisotopic (exact) mass is 496 g/mol. The van der Waals surface area contributed by atoms with Crippen molar-refractivity contribution in [3.63, 3.8) is 0 Å². The van der Waals surface area contributed by atoms with Gasteiger partial charge in [-0.3, -0.25) is 9.59 Å². The third-order valence-electron chi connectivity index (χ3n) is 6.25. The second-order valence-corrected chi connectivity index (χ2v) is 11.5. The first kappa shape index (κ1) is 24.3. The lowest BCUT2D eigenvalue weighted by Crippen LogP contribution is -2.43. The van der Waals surface area contributed by atoms with Gasteiger partial charge >= 0.3 is 0 Å². The van der Waals surface area contributed by atoms with Gasteiger partial charge in [0.25, 0.3) is 0 Å². The Balaban J connectivity index is 1.42. The Kier molecular flexibility index (Phi) is 7.30. The second kappa shape index (κ2) is 10.2. The molecule has 0 aliphatic carbocycles. The van der Waals surface area contributed by atoms with Crippen molar-refractivity contribution in [3.05, 3.63) is 87.6 Å². The fourth-order valence-corrected chi connectivity index (χ4v) is 6.43. The van der Waals surface area contributed by atoms with Crippen LogP contribution in [0.3, 0.4) is 0 Å². The molecule has 1 fully saturated rings. The van der Waals surface area contributed by atoms with E-state index in [1.54, 1.807) is 11.3 Å². The predicted octanol–water partition coefficient (Wildman–Crippen LogP) is 4.57. The van der Waals surface area contributed by atoms with Gasteiger partial charge in [0.2, 0.25) is 15.9 Å². The quantitative estimate of drug-likeness (QED) is 0.486. The van der Waals surface area contributed by atoms with Crippen molar-refractivity contribution in [2.24, 2.45) is 5.92 Å². The summed E-state index contributed by atoms with van der Waals surface area (Å²) in [7, 11) is -3.67. The summed E-state index contributed by atoms with van der Waals surface area (Å²) in [6.45, 7) is 4.04. The highest BCUT2D eigenvalue weighted by Crippen LogP contribution is 2.29. The van der Waals surface area contributed by atoms with Crippen LogP contribution in [0.25, 0.3) is 0 Å². The van der Waals surface area contributed by atoms with Crippen LogP contribution in [0.2, 0.25) is 0 Å². The van der Waals surface area contributed by atoms with E-state index in [2.05, 4.69) is 5.32 Å². The van der Waals surface area contributed by atoms with Crippen molar-refractivity contribution < 1.29 is 18.0 Å². The van der Waals surface area contributed by atoms with Gasteiger partial charge < -0.3 is 5.32 Å². The summed E-state index contributed by atoms with van der Waals surface area (Å²) in [6.07, 6.45) is 0.920. The van der Waals surface area contributed by atoms with Crippen molar-refractivity contribution in [3.8, 4) is 0 Å². The molecule has 178 valence electrons. The smallest absolute Gasteiger partial charge is 0.243 e. The summed E-state index contributed by atoms with van der Waals surface area (Å²) in [5.74, 6) is -0.413. The lowest BCUT2D eigenvalue weighted by molar-refractivity contribution is -0.126. The normalized spacial score (nSPS) is 16.2. The van der Waals surface area contributed by atoms with Crippen molar-refractivity contribution in [2.75, 3.05) is 13.1 Å². The molecule has 0 bridgehead atoms. The molecular formula is C26H28N2O4S2. The third kappa shape index (κ3) is 5.29. The summed E-state index contributed by atoms with van der Waals surface area (Å²) < 4.78 is 27.5. The largest absolute Gasteiger partial charge is 0.344 e. The van der Waals surface area contributed by atoms with Crippen LogP contribution in [0, 0.1) is 12.8 Å². The fraction of sp³-hybridized carbons (Fsp3) is 0.308. The number of rotatable bonds is 7. The lowest BCUT2D eigenvalue weighted by atomic mass is 9.95. The second-order valence-electron chi connectivity index (χ2n) is 8.63. The minimum atomic E-state index is -3.67. The molecule has 1 N–H and O–H groups in total. The summed E-state index contributed by atoms with van der Waals surface area (Å²) in [5, 5.41) is 5.19. The maximum Gasteiger partial charge on any atom is 0.243 e. The van der Waals surface area contributed by atoms with Crippen LogP contribution in [0.4, 0.5) is 0 Å². The molecule has 4 rings (SSSR count). The first-order valence-corrected chi connectivity index (χ1v) is 13.6. The number of thiophene rings is 1. The van der Waals surface area contributed by atoms with Crippen LogP contribution in [-0.4, -0.2) is 37.5 Å². The van der Waals surface area contributed by atoms with E-state index in [1.165, 1.54) is 35.5 Å². The van der Waals surface area contributed by atoms with Crippen LogP contribution in [-0.2, 0) is 14.8 Å². The standard InChI is InChI=1S/C26H28N2O4S2/c1-18-5-7-21(8-6-18)25(24-4-3-17-33-24)27-26(30)22-13-15-28(16-14-22)34(31,32)23-11-9-20(10-12-23)19(2)29/h3-12,17,22,25H,13-16H2,1-2H3,(H,27,30). The van der Waals surface area contributed by atoms with Gasteiger partial charge in [-0.2, -0.15) is 4.31 Å². The number of sulfonamides is 1. The Morgan fingerprint density at radius 2 is 1.65 bits per heavy atom. The number of benzene rings is 2. The summed E-state index contributed by atoms with van der Waals surface area (Å²) in [5.41, 5.74) is 2.66. The number of nitrogens with one attached hydrogen (secondary N) is 1. The van der Waals surface area contributed by atoms with Gasteiger partial charge in [0, 0.05) is 29.4 Å². The van der Waals surface area contributed by atoms with E-state index in [-0.39, 0.29) is 41.6 Å². The molecular weight excluding hydrogens is 468 g/mol. The maximum atomic E-state index is 13.2. The fourth-order valence-electron chi connectivity index (χ4n) is 4.16. The highest BCUT2D eigenvalue weighted by atomic mass is 32.2. The molecule has 2 aromatic carbocycles. The first-order valence-electron chi connectivity index (χ1n) is 11.3. The lowest BCUT2D eigenvalue weighted by Gasteiger charge is -2.31. The predicted molar refractivity (Wildman–Crippen MR) is 133 cm³/mol. The topological polar surface area (TPSA) is 83.6 Å². The summed E-state index contributed by atoms with van der Waals surface area (Å²) in [4.78, 5) is 25.9. The van der Waals surface area contributed by atoms with E-state index in [4.69, 9.17) is 0 Å². The molecule has 1 atom stereocenters. The zero-order chi connectivity index (χ0) is 24.3. The van der Waals surface area contributed by atoms with Crippen molar-refractivity contribution in [2.45, 2.75) is 37.6 Å². The number of hydrogen-bond acceptors (Lipinski definition) is 5. The molecule has 1 saturated heterocycles. The third-order valence-corrected chi connectivity index (χ3v) is 9.10. The van der Waals surface area contributed by atoms with E-state index in [1.807, 2.05) is 48.7 Å². The van der Waals surface area contributed by atoms with Gasteiger partial charge in [0.1, 0.15) is 0 Å². The molecule has 2 heterocycles. The van der Waals surface area contributed by atoms with Gasteiger partial charge in [0.15, 0.2) is 5.78 Å². The molecule has 1 aliphatic heterocycles.